The van der Waals surface area contributed by atoms with Crippen molar-refractivity contribution in [3.05, 3.63) is 29.0 Å². The molecule has 1 aromatic rings. The lowest BCUT2D eigenvalue weighted by Gasteiger charge is -2.07. The van der Waals surface area contributed by atoms with E-state index in [1.54, 1.807) is 12.1 Å². The highest BCUT2D eigenvalue weighted by molar-refractivity contribution is 6.30. The van der Waals surface area contributed by atoms with Crippen molar-refractivity contribution >= 4 is 23.2 Å². The molecule has 5 heteroatoms. The fourth-order valence-corrected chi connectivity index (χ4v) is 1.63. The summed E-state index contributed by atoms with van der Waals surface area (Å²) in [5.74, 6) is -0.394. The third-order valence-electron chi connectivity index (χ3n) is 2.54. The van der Waals surface area contributed by atoms with Gasteiger partial charge in [-0.2, -0.15) is 0 Å². The predicted octanol–water partition coefficient (Wildman–Crippen LogP) is 2.56. The number of halogens is 2. The smallest absolute Gasteiger partial charge is 0.221 e. The lowest BCUT2D eigenvalue weighted by Crippen LogP contribution is -2.27. The van der Waals surface area contributed by atoms with Gasteiger partial charge >= 0.3 is 0 Å². The van der Waals surface area contributed by atoms with Crippen LogP contribution in [-0.2, 0) is 4.79 Å². The van der Waals surface area contributed by atoms with Gasteiger partial charge in [-0.15, -0.1) is 0 Å². The van der Waals surface area contributed by atoms with Gasteiger partial charge in [0.25, 0.3) is 0 Å². The van der Waals surface area contributed by atoms with Crippen LogP contribution in [0.2, 0.25) is 5.02 Å². The molecule has 1 aliphatic rings. The molecular weight excluding hydrogens is 243 g/mol. The van der Waals surface area contributed by atoms with E-state index in [0.717, 1.165) is 12.8 Å². The quantitative estimate of drug-likeness (QED) is 0.850. The Bertz CT molecular complexity index is 421. The normalized spacial score (nSPS) is 14.5. The SMILES string of the molecule is O=C(CCNc1ccc(Cl)cc1F)NC1CC1. The summed E-state index contributed by atoms with van der Waals surface area (Å²) < 4.78 is 13.3. The number of nitrogens with one attached hydrogen (secondary N) is 2. The molecule has 2 rings (SSSR count). The number of carbonyl (C=O) groups is 1. The van der Waals surface area contributed by atoms with E-state index >= 15 is 0 Å². The molecule has 0 saturated heterocycles. The minimum atomic E-state index is -0.403. The van der Waals surface area contributed by atoms with Crippen molar-refractivity contribution in [1.29, 1.82) is 0 Å². The van der Waals surface area contributed by atoms with E-state index in [1.165, 1.54) is 6.07 Å². The van der Waals surface area contributed by atoms with Gasteiger partial charge < -0.3 is 10.6 Å². The van der Waals surface area contributed by atoms with Crippen molar-refractivity contribution in [3.63, 3.8) is 0 Å². The fraction of sp³-hybridized carbons (Fsp3) is 0.417. The summed E-state index contributed by atoms with van der Waals surface area (Å²) in [5, 5.41) is 6.10. The van der Waals surface area contributed by atoms with E-state index in [-0.39, 0.29) is 5.91 Å². The van der Waals surface area contributed by atoms with Gasteiger partial charge in [-0.05, 0) is 31.0 Å². The Kier molecular flexibility index (Phi) is 3.84. The second kappa shape index (κ2) is 5.36. The average molecular weight is 257 g/mol. The summed E-state index contributed by atoms with van der Waals surface area (Å²) >= 11 is 5.63. The second-order valence-corrected chi connectivity index (χ2v) is 4.58. The minimum Gasteiger partial charge on any atom is -0.382 e. The van der Waals surface area contributed by atoms with Crippen molar-refractivity contribution in [2.45, 2.75) is 25.3 Å². The second-order valence-electron chi connectivity index (χ2n) is 4.14. The molecule has 2 N–H and O–H groups in total. The van der Waals surface area contributed by atoms with Crippen LogP contribution in [0.1, 0.15) is 19.3 Å². The number of hydrogen-bond donors (Lipinski definition) is 2. The third-order valence-corrected chi connectivity index (χ3v) is 2.78. The van der Waals surface area contributed by atoms with Crippen LogP contribution in [0.15, 0.2) is 18.2 Å². The molecule has 3 nitrogen and oxygen atoms in total. The highest BCUT2D eigenvalue weighted by Crippen LogP contribution is 2.19. The van der Waals surface area contributed by atoms with Crippen LogP contribution < -0.4 is 10.6 Å². The average Bonchev–Trinajstić information content (AvgIpc) is 3.05. The highest BCUT2D eigenvalue weighted by atomic mass is 35.5. The van der Waals surface area contributed by atoms with E-state index in [1.807, 2.05) is 0 Å². The first-order valence-corrected chi connectivity index (χ1v) is 6.01. The van der Waals surface area contributed by atoms with Crippen LogP contribution in [0.5, 0.6) is 0 Å². The monoisotopic (exact) mass is 256 g/mol. The summed E-state index contributed by atoms with van der Waals surface area (Å²) in [6.07, 6.45) is 2.49. The Balaban J connectivity index is 1.75. The standard InChI is InChI=1S/C12H14ClFN2O/c13-8-1-4-11(10(14)7-8)15-6-5-12(17)16-9-2-3-9/h1,4,7,9,15H,2-3,5-6H2,(H,16,17). The molecule has 0 heterocycles. The number of amides is 1. The fourth-order valence-electron chi connectivity index (χ4n) is 1.47. The van der Waals surface area contributed by atoms with Crippen LogP contribution in [0, 0.1) is 5.82 Å². The van der Waals surface area contributed by atoms with Gasteiger partial charge in [0.2, 0.25) is 5.91 Å². The Hall–Kier alpha value is -1.29. The molecule has 1 aromatic carbocycles. The van der Waals surface area contributed by atoms with Crippen LogP contribution in [0.4, 0.5) is 10.1 Å². The number of anilines is 1. The number of rotatable bonds is 5. The van der Waals surface area contributed by atoms with Gasteiger partial charge in [0.1, 0.15) is 5.82 Å². The number of benzene rings is 1. The van der Waals surface area contributed by atoms with Gasteiger partial charge in [-0.25, -0.2) is 4.39 Å². The van der Waals surface area contributed by atoms with Crippen LogP contribution in [0.25, 0.3) is 0 Å². The molecule has 1 aliphatic carbocycles. The zero-order valence-electron chi connectivity index (χ0n) is 9.30. The van der Waals surface area contributed by atoms with Crippen molar-refractivity contribution in [1.82, 2.24) is 5.32 Å². The lowest BCUT2D eigenvalue weighted by molar-refractivity contribution is -0.120. The molecule has 17 heavy (non-hydrogen) atoms. The van der Waals surface area contributed by atoms with Crippen LogP contribution >= 0.6 is 11.6 Å². The van der Waals surface area contributed by atoms with E-state index in [2.05, 4.69) is 10.6 Å². The largest absolute Gasteiger partial charge is 0.382 e. The van der Waals surface area contributed by atoms with Gasteiger partial charge in [-0.3, -0.25) is 4.79 Å². The maximum absolute atomic E-state index is 13.3. The maximum Gasteiger partial charge on any atom is 0.221 e. The number of hydrogen-bond acceptors (Lipinski definition) is 2. The Morgan fingerprint density at radius 2 is 2.24 bits per heavy atom. The topological polar surface area (TPSA) is 41.1 Å². The van der Waals surface area contributed by atoms with Crippen LogP contribution in [-0.4, -0.2) is 18.5 Å². The molecule has 1 fully saturated rings. The summed E-state index contributed by atoms with van der Waals surface area (Å²) in [5.41, 5.74) is 0.369. The zero-order chi connectivity index (χ0) is 12.3. The summed E-state index contributed by atoms with van der Waals surface area (Å²) in [4.78, 5) is 11.4. The maximum atomic E-state index is 13.3. The number of carbonyl (C=O) groups excluding carboxylic acids is 1. The van der Waals surface area contributed by atoms with Gasteiger partial charge in [0.05, 0.1) is 5.69 Å². The molecule has 0 unspecified atom stereocenters. The summed E-state index contributed by atoms with van der Waals surface area (Å²) in [7, 11) is 0. The molecule has 0 atom stereocenters. The highest BCUT2D eigenvalue weighted by Gasteiger charge is 2.22. The Morgan fingerprint density at radius 3 is 2.88 bits per heavy atom. The van der Waals surface area contributed by atoms with Crippen molar-refractivity contribution in [3.8, 4) is 0 Å². The molecule has 0 radical (unpaired) electrons. The summed E-state index contributed by atoms with van der Waals surface area (Å²) in [6, 6.07) is 4.79. The Labute approximate surface area is 104 Å². The van der Waals surface area contributed by atoms with Crippen LogP contribution in [0.3, 0.4) is 0 Å². The van der Waals surface area contributed by atoms with Gasteiger partial charge in [-0.1, -0.05) is 11.6 Å². The molecule has 0 aromatic heterocycles. The molecule has 92 valence electrons. The molecule has 1 amide bonds. The van der Waals surface area contributed by atoms with Crippen molar-refractivity contribution in [2.75, 3.05) is 11.9 Å². The summed E-state index contributed by atoms with van der Waals surface area (Å²) in [6.45, 7) is 0.414. The van der Waals surface area contributed by atoms with Gasteiger partial charge in [0, 0.05) is 24.0 Å². The molecule has 1 saturated carbocycles. The Morgan fingerprint density at radius 1 is 1.47 bits per heavy atom. The van der Waals surface area contributed by atoms with Gasteiger partial charge in [0.15, 0.2) is 0 Å². The minimum absolute atomic E-state index is 0.00868. The zero-order valence-corrected chi connectivity index (χ0v) is 10.1. The molecule has 0 bridgehead atoms. The van der Waals surface area contributed by atoms with E-state index in [4.69, 9.17) is 11.6 Å². The first kappa shape index (κ1) is 12.2. The molecular formula is C12H14ClFN2O. The third kappa shape index (κ3) is 3.89. The lowest BCUT2D eigenvalue weighted by atomic mass is 10.3. The van der Waals surface area contributed by atoms with E-state index < -0.39 is 5.82 Å². The van der Waals surface area contributed by atoms with E-state index in [9.17, 15) is 9.18 Å². The first-order valence-electron chi connectivity index (χ1n) is 5.63. The predicted molar refractivity (Wildman–Crippen MR) is 65.7 cm³/mol. The van der Waals surface area contributed by atoms with Crippen molar-refractivity contribution < 1.29 is 9.18 Å². The molecule has 0 aliphatic heterocycles. The van der Waals surface area contributed by atoms with E-state index in [0.29, 0.717) is 29.7 Å². The first-order chi connectivity index (χ1) is 8.15. The van der Waals surface area contributed by atoms with Crippen molar-refractivity contribution in [2.24, 2.45) is 0 Å². The molecule has 0 spiro atoms.